The van der Waals surface area contributed by atoms with Gasteiger partial charge in [-0.1, -0.05) is 48.5 Å². The molecule has 1 aromatic heterocycles. The van der Waals surface area contributed by atoms with E-state index in [4.69, 9.17) is 9.47 Å². The minimum absolute atomic E-state index is 0.221. The molecule has 1 aliphatic rings. The zero-order valence-corrected chi connectivity index (χ0v) is 14.8. The molecule has 0 fully saturated rings. The van der Waals surface area contributed by atoms with Crippen LogP contribution < -0.4 is 4.74 Å². The normalized spacial score (nSPS) is 15.6. The Morgan fingerprint density at radius 2 is 1.96 bits per heavy atom. The van der Waals surface area contributed by atoms with Crippen molar-refractivity contribution in [3.8, 4) is 17.1 Å². The fourth-order valence-electron chi connectivity index (χ4n) is 3.02. The summed E-state index contributed by atoms with van der Waals surface area (Å²) in [6, 6.07) is 17.5. The summed E-state index contributed by atoms with van der Waals surface area (Å²) in [5.74, 6) is 0.966. The van der Waals surface area contributed by atoms with Crippen LogP contribution in [0.3, 0.4) is 0 Å². The van der Waals surface area contributed by atoms with E-state index in [0.717, 1.165) is 16.9 Å². The van der Waals surface area contributed by atoms with Crippen LogP contribution in [0.4, 0.5) is 0 Å². The van der Waals surface area contributed by atoms with Gasteiger partial charge in [-0.15, -0.1) is 10.2 Å². The highest BCUT2D eigenvalue weighted by atomic mass is 16.5. The number of aryl methyl sites for hydroxylation is 1. The topological polar surface area (TPSA) is 79.1 Å². The van der Waals surface area contributed by atoms with Crippen LogP contribution in [0.5, 0.6) is 5.75 Å². The first-order chi connectivity index (χ1) is 13.3. The molecule has 4 rings (SSSR count). The highest BCUT2D eigenvalue weighted by Crippen LogP contribution is 2.27. The van der Waals surface area contributed by atoms with E-state index in [1.807, 2.05) is 54.6 Å². The van der Waals surface area contributed by atoms with Crippen LogP contribution in [-0.2, 0) is 22.5 Å². The standard InChI is InChI=1S/C20H20N4O3/c25-20(17-13-16-9-4-5-10-18(16)27-14-17)26-12-6-11-24-22-19(21-23-24)15-7-2-1-3-8-15/h1-5,7-10,17H,6,11-14H2. The number of nitrogens with zero attached hydrogens (tertiary/aromatic N) is 4. The molecule has 7 nitrogen and oxygen atoms in total. The number of rotatable bonds is 6. The van der Waals surface area contributed by atoms with Crippen LogP contribution in [0.2, 0.25) is 0 Å². The van der Waals surface area contributed by atoms with E-state index in [2.05, 4.69) is 15.4 Å². The smallest absolute Gasteiger partial charge is 0.312 e. The Morgan fingerprint density at radius 3 is 2.85 bits per heavy atom. The molecule has 2 aromatic carbocycles. The van der Waals surface area contributed by atoms with Crippen molar-refractivity contribution in [2.24, 2.45) is 5.92 Å². The van der Waals surface area contributed by atoms with Crippen LogP contribution in [0.1, 0.15) is 12.0 Å². The van der Waals surface area contributed by atoms with Gasteiger partial charge in [-0.3, -0.25) is 4.79 Å². The number of carbonyl (C=O) groups is 1. The summed E-state index contributed by atoms with van der Waals surface area (Å²) in [6.45, 7) is 1.22. The fraction of sp³-hybridized carbons (Fsp3) is 0.300. The summed E-state index contributed by atoms with van der Waals surface area (Å²) >= 11 is 0. The lowest BCUT2D eigenvalue weighted by atomic mass is 9.97. The number of hydrogen-bond donors (Lipinski definition) is 0. The van der Waals surface area contributed by atoms with Crippen LogP contribution >= 0.6 is 0 Å². The van der Waals surface area contributed by atoms with Gasteiger partial charge in [-0.05, 0) is 23.3 Å². The first-order valence-electron chi connectivity index (χ1n) is 9.00. The highest BCUT2D eigenvalue weighted by Gasteiger charge is 2.26. The Labute approximate surface area is 156 Å². The molecule has 138 valence electrons. The molecule has 0 N–H and O–H groups in total. The summed E-state index contributed by atoms with van der Waals surface area (Å²) in [7, 11) is 0. The molecule has 3 aromatic rings. The molecule has 0 radical (unpaired) electrons. The van der Waals surface area contributed by atoms with Gasteiger partial charge < -0.3 is 9.47 Å². The monoisotopic (exact) mass is 364 g/mol. The average molecular weight is 364 g/mol. The second-order valence-electron chi connectivity index (χ2n) is 6.42. The van der Waals surface area contributed by atoms with E-state index < -0.39 is 0 Å². The maximum atomic E-state index is 12.3. The second-order valence-corrected chi connectivity index (χ2v) is 6.42. The van der Waals surface area contributed by atoms with Crippen molar-refractivity contribution in [1.82, 2.24) is 20.2 Å². The SMILES string of the molecule is O=C(OCCCn1nnc(-c2ccccc2)n1)C1COc2ccccc2C1. The van der Waals surface area contributed by atoms with Gasteiger partial charge in [0.15, 0.2) is 0 Å². The van der Waals surface area contributed by atoms with Gasteiger partial charge in [0.05, 0.1) is 19.1 Å². The second kappa shape index (κ2) is 7.99. The summed E-state index contributed by atoms with van der Waals surface area (Å²) in [4.78, 5) is 13.8. The largest absolute Gasteiger partial charge is 0.492 e. The molecule has 1 unspecified atom stereocenters. The number of aromatic nitrogens is 4. The molecular formula is C20H20N4O3. The van der Waals surface area contributed by atoms with Gasteiger partial charge >= 0.3 is 5.97 Å². The molecule has 0 aliphatic carbocycles. The molecule has 0 spiro atoms. The molecule has 0 amide bonds. The number of benzene rings is 2. The van der Waals surface area contributed by atoms with E-state index in [1.54, 1.807) is 0 Å². The minimum atomic E-state index is -0.255. The van der Waals surface area contributed by atoms with E-state index in [9.17, 15) is 4.79 Å². The Morgan fingerprint density at radius 1 is 1.15 bits per heavy atom. The Hall–Kier alpha value is -3.22. The summed E-state index contributed by atoms with van der Waals surface area (Å²) in [5.41, 5.74) is 1.97. The van der Waals surface area contributed by atoms with Crippen molar-refractivity contribution in [2.45, 2.75) is 19.4 Å². The van der Waals surface area contributed by atoms with Gasteiger partial charge in [0, 0.05) is 12.0 Å². The summed E-state index contributed by atoms with van der Waals surface area (Å²) in [6.07, 6.45) is 1.28. The molecule has 0 saturated carbocycles. The summed E-state index contributed by atoms with van der Waals surface area (Å²) < 4.78 is 11.0. The molecule has 1 atom stereocenters. The molecule has 0 bridgehead atoms. The number of carbonyl (C=O) groups excluding carboxylic acids is 1. The molecule has 7 heteroatoms. The third kappa shape index (κ3) is 4.13. The maximum Gasteiger partial charge on any atom is 0.312 e. The van der Waals surface area contributed by atoms with Gasteiger partial charge in [0.25, 0.3) is 0 Å². The van der Waals surface area contributed by atoms with Crippen LogP contribution in [-0.4, -0.2) is 39.4 Å². The predicted molar refractivity (Wildman–Crippen MR) is 98.0 cm³/mol. The van der Waals surface area contributed by atoms with Crippen molar-refractivity contribution >= 4 is 5.97 Å². The van der Waals surface area contributed by atoms with E-state index >= 15 is 0 Å². The van der Waals surface area contributed by atoms with E-state index in [1.165, 1.54) is 4.80 Å². The first kappa shape index (κ1) is 17.2. The number of tetrazole rings is 1. The lowest BCUT2D eigenvalue weighted by molar-refractivity contribution is -0.150. The van der Waals surface area contributed by atoms with Gasteiger partial charge in [-0.25, -0.2) is 0 Å². The Bertz CT molecular complexity index is 910. The minimum Gasteiger partial charge on any atom is -0.492 e. The van der Waals surface area contributed by atoms with Crippen molar-refractivity contribution in [1.29, 1.82) is 0 Å². The van der Waals surface area contributed by atoms with Crippen molar-refractivity contribution < 1.29 is 14.3 Å². The Balaban J connectivity index is 1.23. The van der Waals surface area contributed by atoms with E-state index in [0.29, 0.717) is 38.4 Å². The Kier molecular flexibility index (Phi) is 5.09. The number of hydrogen-bond acceptors (Lipinski definition) is 6. The van der Waals surface area contributed by atoms with Gasteiger partial charge in [0.1, 0.15) is 12.4 Å². The molecular weight excluding hydrogens is 344 g/mol. The fourth-order valence-corrected chi connectivity index (χ4v) is 3.02. The van der Waals surface area contributed by atoms with Crippen LogP contribution in [0, 0.1) is 5.92 Å². The maximum absolute atomic E-state index is 12.3. The average Bonchev–Trinajstić information content (AvgIpc) is 3.20. The van der Waals surface area contributed by atoms with E-state index in [-0.39, 0.29) is 11.9 Å². The summed E-state index contributed by atoms with van der Waals surface area (Å²) in [5, 5.41) is 12.4. The zero-order valence-electron chi connectivity index (χ0n) is 14.8. The van der Waals surface area contributed by atoms with Crippen molar-refractivity contribution in [2.75, 3.05) is 13.2 Å². The molecule has 1 aliphatic heterocycles. The quantitative estimate of drug-likeness (QED) is 0.494. The number of ether oxygens (including phenoxy) is 2. The predicted octanol–water partition coefficient (Wildman–Crippen LogP) is 2.52. The lowest BCUT2D eigenvalue weighted by Gasteiger charge is -2.23. The third-order valence-electron chi connectivity index (χ3n) is 4.44. The van der Waals surface area contributed by atoms with Crippen LogP contribution in [0.25, 0.3) is 11.4 Å². The highest BCUT2D eigenvalue weighted by molar-refractivity contribution is 5.73. The number of para-hydroxylation sites is 1. The lowest BCUT2D eigenvalue weighted by Crippen LogP contribution is -2.30. The number of fused-ring (bicyclic) bond motifs is 1. The van der Waals surface area contributed by atoms with Crippen molar-refractivity contribution in [3.63, 3.8) is 0 Å². The molecule has 2 heterocycles. The van der Waals surface area contributed by atoms with Crippen molar-refractivity contribution in [3.05, 3.63) is 60.2 Å². The van der Waals surface area contributed by atoms with Gasteiger partial charge in [-0.2, -0.15) is 4.80 Å². The zero-order chi connectivity index (χ0) is 18.5. The van der Waals surface area contributed by atoms with Gasteiger partial charge in [0.2, 0.25) is 5.82 Å². The molecule has 27 heavy (non-hydrogen) atoms. The van der Waals surface area contributed by atoms with Crippen LogP contribution in [0.15, 0.2) is 54.6 Å². The number of esters is 1. The molecule has 0 saturated heterocycles. The first-order valence-corrected chi connectivity index (χ1v) is 9.00. The third-order valence-corrected chi connectivity index (χ3v) is 4.44.